The Morgan fingerprint density at radius 3 is 2.50 bits per heavy atom. The first-order chi connectivity index (χ1) is 9.36. The maximum absolute atomic E-state index is 10.9. The molecule has 0 aliphatic carbocycles. The zero-order valence-corrected chi connectivity index (χ0v) is 11.5. The van der Waals surface area contributed by atoms with Crippen molar-refractivity contribution in [3.8, 4) is 0 Å². The summed E-state index contributed by atoms with van der Waals surface area (Å²) in [7, 11) is 0. The number of nitrogens with zero attached hydrogens (tertiary/aromatic N) is 3. The molecule has 1 aromatic carbocycles. The summed E-state index contributed by atoms with van der Waals surface area (Å²) in [6.45, 7) is 5.82. The van der Waals surface area contributed by atoms with Gasteiger partial charge < -0.3 is 0 Å². The number of nitro groups is 2. The molecule has 0 saturated heterocycles. The van der Waals surface area contributed by atoms with E-state index >= 15 is 0 Å². The quantitative estimate of drug-likeness (QED) is 0.488. The normalized spacial score (nSPS) is 12.8. The average molecular weight is 280 g/mol. The lowest BCUT2D eigenvalue weighted by Gasteiger charge is -2.08. The van der Waals surface area contributed by atoms with Crippen LogP contribution in [-0.2, 0) is 0 Å². The number of non-ortho nitro benzene ring substituents is 1. The van der Waals surface area contributed by atoms with E-state index in [9.17, 15) is 20.2 Å². The van der Waals surface area contributed by atoms with Gasteiger partial charge in [-0.15, -0.1) is 0 Å². The van der Waals surface area contributed by atoms with E-state index in [2.05, 4.69) is 10.5 Å². The molecule has 108 valence electrons. The number of hydrogen-bond acceptors (Lipinski definition) is 6. The summed E-state index contributed by atoms with van der Waals surface area (Å²) in [6.07, 6.45) is 0.902. The molecule has 1 atom stereocenters. The molecule has 0 bridgehead atoms. The molecule has 8 nitrogen and oxygen atoms in total. The highest BCUT2D eigenvalue weighted by Crippen LogP contribution is 2.29. The van der Waals surface area contributed by atoms with E-state index in [1.165, 1.54) is 12.1 Å². The first-order valence-electron chi connectivity index (χ1n) is 6.09. The standard InChI is InChI=1S/C12H16N4O4/c1-4-8(2)9(3)13-14-11-6-5-10(15(17)18)7-12(11)16(19)20/h5-8,14H,4H2,1-3H3/b13-9+. The van der Waals surface area contributed by atoms with E-state index in [-0.39, 0.29) is 23.0 Å². The third-order valence-corrected chi connectivity index (χ3v) is 3.07. The minimum atomic E-state index is -0.677. The summed E-state index contributed by atoms with van der Waals surface area (Å²) < 4.78 is 0. The molecule has 20 heavy (non-hydrogen) atoms. The molecule has 0 aliphatic heterocycles. The molecule has 0 amide bonds. The van der Waals surface area contributed by atoms with Gasteiger partial charge in [-0.3, -0.25) is 25.7 Å². The topological polar surface area (TPSA) is 111 Å². The van der Waals surface area contributed by atoms with Crippen LogP contribution >= 0.6 is 0 Å². The number of nitrogens with one attached hydrogen (secondary N) is 1. The van der Waals surface area contributed by atoms with E-state index < -0.39 is 9.85 Å². The Kier molecular flexibility index (Phi) is 5.13. The third kappa shape index (κ3) is 3.74. The molecule has 0 fully saturated rings. The van der Waals surface area contributed by atoms with Gasteiger partial charge in [-0.25, -0.2) is 0 Å². The van der Waals surface area contributed by atoms with Crippen LogP contribution in [-0.4, -0.2) is 15.6 Å². The average Bonchev–Trinajstić information content (AvgIpc) is 2.43. The maximum atomic E-state index is 10.9. The van der Waals surface area contributed by atoms with Gasteiger partial charge in [0, 0.05) is 11.8 Å². The maximum Gasteiger partial charge on any atom is 0.301 e. The summed E-state index contributed by atoms with van der Waals surface area (Å²) in [4.78, 5) is 20.2. The number of rotatable bonds is 6. The zero-order valence-electron chi connectivity index (χ0n) is 11.5. The summed E-state index contributed by atoms with van der Waals surface area (Å²) in [6, 6.07) is 3.39. The van der Waals surface area contributed by atoms with Crippen LogP contribution in [0.2, 0.25) is 0 Å². The Morgan fingerprint density at radius 1 is 1.35 bits per heavy atom. The third-order valence-electron chi connectivity index (χ3n) is 3.07. The van der Waals surface area contributed by atoms with E-state index in [4.69, 9.17) is 0 Å². The number of anilines is 1. The molecular weight excluding hydrogens is 264 g/mol. The highest BCUT2D eigenvalue weighted by Gasteiger charge is 2.19. The predicted octanol–water partition coefficient (Wildman–Crippen LogP) is 3.34. The van der Waals surface area contributed by atoms with Crippen LogP contribution in [0.1, 0.15) is 27.2 Å². The Hall–Kier alpha value is -2.51. The Balaban J connectivity index is 3.07. The van der Waals surface area contributed by atoms with E-state index in [1.54, 1.807) is 0 Å². The van der Waals surface area contributed by atoms with Crippen molar-refractivity contribution in [2.24, 2.45) is 11.0 Å². The lowest BCUT2D eigenvalue weighted by atomic mass is 10.1. The van der Waals surface area contributed by atoms with Gasteiger partial charge in [0.05, 0.1) is 15.9 Å². The number of benzene rings is 1. The van der Waals surface area contributed by atoms with Crippen molar-refractivity contribution >= 4 is 22.8 Å². The van der Waals surface area contributed by atoms with Crippen LogP contribution in [0.15, 0.2) is 23.3 Å². The minimum Gasteiger partial charge on any atom is -0.272 e. The molecule has 8 heteroatoms. The first-order valence-corrected chi connectivity index (χ1v) is 6.09. The Morgan fingerprint density at radius 2 is 2.00 bits per heavy atom. The molecule has 0 aromatic heterocycles. The highest BCUT2D eigenvalue weighted by atomic mass is 16.6. The molecule has 0 aliphatic rings. The van der Waals surface area contributed by atoms with Crippen LogP contribution in [0.5, 0.6) is 0 Å². The summed E-state index contributed by atoms with van der Waals surface area (Å²) in [5, 5.41) is 25.6. The van der Waals surface area contributed by atoms with Gasteiger partial charge in [0.2, 0.25) is 0 Å². The zero-order chi connectivity index (χ0) is 15.3. The van der Waals surface area contributed by atoms with Gasteiger partial charge in [-0.05, 0) is 25.3 Å². The van der Waals surface area contributed by atoms with Crippen molar-refractivity contribution in [2.75, 3.05) is 5.43 Å². The Labute approximate surface area is 115 Å². The molecule has 1 rings (SSSR count). The summed E-state index contributed by atoms with van der Waals surface area (Å²) in [5.74, 6) is 0.250. The Bertz CT molecular complexity index is 556. The highest BCUT2D eigenvalue weighted by molar-refractivity contribution is 5.85. The number of nitro benzene ring substituents is 2. The summed E-state index contributed by atoms with van der Waals surface area (Å²) >= 11 is 0. The van der Waals surface area contributed by atoms with Crippen LogP contribution in [0.4, 0.5) is 17.1 Å². The smallest absolute Gasteiger partial charge is 0.272 e. The monoisotopic (exact) mass is 280 g/mol. The van der Waals surface area contributed by atoms with Crippen molar-refractivity contribution in [3.05, 3.63) is 38.4 Å². The second kappa shape index (κ2) is 6.60. The predicted molar refractivity (Wildman–Crippen MR) is 75.9 cm³/mol. The van der Waals surface area contributed by atoms with Crippen molar-refractivity contribution in [3.63, 3.8) is 0 Å². The molecular formula is C12H16N4O4. The van der Waals surface area contributed by atoms with Crippen LogP contribution in [0, 0.1) is 26.1 Å². The van der Waals surface area contributed by atoms with Gasteiger partial charge in [0.25, 0.3) is 5.69 Å². The minimum absolute atomic E-state index is 0.128. The van der Waals surface area contributed by atoms with Crippen molar-refractivity contribution in [1.82, 2.24) is 0 Å². The van der Waals surface area contributed by atoms with E-state index in [0.717, 1.165) is 18.2 Å². The molecule has 0 spiro atoms. The summed E-state index contributed by atoms with van der Waals surface area (Å²) in [5.41, 5.74) is 2.83. The molecule has 1 unspecified atom stereocenters. The lowest BCUT2D eigenvalue weighted by molar-refractivity contribution is -0.393. The lowest BCUT2D eigenvalue weighted by Crippen LogP contribution is -2.08. The van der Waals surface area contributed by atoms with Gasteiger partial charge in [-0.1, -0.05) is 13.8 Å². The molecule has 1 aromatic rings. The number of hydrazone groups is 1. The molecule has 1 N–H and O–H groups in total. The fourth-order valence-electron chi connectivity index (χ4n) is 1.43. The largest absolute Gasteiger partial charge is 0.301 e. The van der Waals surface area contributed by atoms with Gasteiger partial charge in [0.15, 0.2) is 0 Å². The molecule has 0 heterocycles. The van der Waals surface area contributed by atoms with Gasteiger partial charge in [-0.2, -0.15) is 5.10 Å². The van der Waals surface area contributed by atoms with Crippen LogP contribution < -0.4 is 5.43 Å². The van der Waals surface area contributed by atoms with E-state index in [0.29, 0.717) is 0 Å². The van der Waals surface area contributed by atoms with Crippen LogP contribution in [0.25, 0.3) is 0 Å². The van der Waals surface area contributed by atoms with Gasteiger partial charge in [0.1, 0.15) is 5.69 Å². The second-order valence-electron chi connectivity index (χ2n) is 4.39. The molecule has 0 radical (unpaired) electrons. The van der Waals surface area contributed by atoms with E-state index in [1.807, 2.05) is 20.8 Å². The van der Waals surface area contributed by atoms with Crippen LogP contribution in [0.3, 0.4) is 0 Å². The van der Waals surface area contributed by atoms with Crippen molar-refractivity contribution in [1.29, 1.82) is 0 Å². The second-order valence-corrected chi connectivity index (χ2v) is 4.39. The van der Waals surface area contributed by atoms with Crippen molar-refractivity contribution in [2.45, 2.75) is 27.2 Å². The van der Waals surface area contributed by atoms with Crippen molar-refractivity contribution < 1.29 is 9.85 Å². The fourth-order valence-corrected chi connectivity index (χ4v) is 1.43. The van der Waals surface area contributed by atoms with Gasteiger partial charge >= 0.3 is 5.69 Å². The first kappa shape index (κ1) is 15.5. The fraction of sp³-hybridized carbons (Fsp3) is 0.417. The molecule has 0 saturated carbocycles. The SMILES string of the molecule is CCC(C)/C(C)=N/Nc1ccc([N+](=O)[O-])cc1[N+](=O)[O-]. The number of hydrogen-bond donors (Lipinski definition) is 1.